The van der Waals surface area contributed by atoms with Gasteiger partial charge in [0.05, 0.1) is 18.8 Å². The number of halogens is 1. The van der Waals surface area contributed by atoms with Crippen molar-refractivity contribution in [1.82, 2.24) is 0 Å². The summed E-state index contributed by atoms with van der Waals surface area (Å²) in [5.74, 6) is 0.850. The van der Waals surface area contributed by atoms with E-state index in [4.69, 9.17) is 9.47 Å². The van der Waals surface area contributed by atoms with Gasteiger partial charge in [0.15, 0.2) is 0 Å². The van der Waals surface area contributed by atoms with Gasteiger partial charge in [-0.1, -0.05) is 50.3 Å². The Morgan fingerprint density at radius 2 is 1.74 bits per heavy atom. The summed E-state index contributed by atoms with van der Waals surface area (Å²) in [6, 6.07) is 0. The molecule has 0 atom stereocenters. The maximum atomic E-state index is 6.19. The molecular formula is C16H31IO2. The minimum Gasteiger partial charge on any atom is -0.379 e. The van der Waals surface area contributed by atoms with Crippen molar-refractivity contribution >= 4 is 22.6 Å². The highest BCUT2D eigenvalue weighted by atomic mass is 127. The average Bonchev–Trinajstić information content (AvgIpc) is 2.38. The van der Waals surface area contributed by atoms with E-state index in [9.17, 15) is 0 Å². The maximum absolute atomic E-state index is 6.19. The molecule has 1 fully saturated rings. The van der Waals surface area contributed by atoms with Gasteiger partial charge in [0.1, 0.15) is 0 Å². The zero-order chi connectivity index (χ0) is 14.4. The van der Waals surface area contributed by atoms with Gasteiger partial charge in [-0.15, -0.1) is 0 Å². The van der Waals surface area contributed by atoms with E-state index < -0.39 is 0 Å². The highest BCUT2D eigenvalue weighted by Gasteiger charge is 2.38. The topological polar surface area (TPSA) is 18.5 Å². The third kappa shape index (κ3) is 5.88. The molecule has 114 valence electrons. The third-order valence-electron chi connectivity index (χ3n) is 4.35. The molecule has 0 amide bonds. The van der Waals surface area contributed by atoms with Crippen LogP contribution in [0.15, 0.2) is 0 Å². The van der Waals surface area contributed by atoms with Crippen molar-refractivity contribution < 1.29 is 9.47 Å². The lowest BCUT2D eigenvalue weighted by Gasteiger charge is -2.43. The maximum Gasteiger partial charge on any atom is 0.0772 e. The summed E-state index contributed by atoms with van der Waals surface area (Å²) in [5.41, 5.74) is 0.569. The summed E-state index contributed by atoms with van der Waals surface area (Å²) in [6.07, 6.45) is 6.13. The van der Waals surface area contributed by atoms with E-state index in [2.05, 4.69) is 50.3 Å². The summed E-state index contributed by atoms with van der Waals surface area (Å²) in [5, 5.41) is 0. The Morgan fingerprint density at radius 1 is 1.11 bits per heavy atom. The number of alkyl halides is 1. The molecule has 0 N–H and O–H groups in total. The lowest BCUT2D eigenvalue weighted by molar-refractivity contribution is -0.0844. The second-order valence-electron chi connectivity index (χ2n) is 6.92. The van der Waals surface area contributed by atoms with Crippen LogP contribution >= 0.6 is 22.6 Å². The molecule has 0 aromatic heterocycles. The Labute approximate surface area is 133 Å². The highest BCUT2D eigenvalue weighted by molar-refractivity contribution is 14.1. The van der Waals surface area contributed by atoms with E-state index in [1.54, 1.807) is 0 Å². The quantitative estimate of drug-likeness (QED) is 0.356. The van der Waals surface area contributed by atoms with Crippen LogP contribution in [0.3, 0.4) is 0 Å². The molecule has 0 saturated heterocycles. The summed E-state index contributed by atoms with van der Waals surface area (Å²) < 4.78 is 12.8. The largest absolute Gasteiger partial charge is 0.379 e. The van der Waals surface area contributed by atoms with Crippen molar-refractivity contribution in [2.45, 2.75) is 65.4 Å². The van der Waals surface area contributed by atoms with Crippen LogP contribution in [0, 0.1) is 11.3 Å². The van der Waals surface area contributed by atoms with Gasteiger partial charge in [0, 0.05) is 11.0 Å². The van der Waals surface area contributed by atoms with E-state index in [1.807, 2.05) is 0 Å². The number of hydrogen-bond donors (Lipinski definition) is 0. The Kier molecular flexibility index (Phi) is 7.62. The molecule has 1 rings (SSSR count). The molecular weight excluding hydrogens is 351 g/mol. The molecule has 1 aliphatic rings. The first-order valence-corrected chi connectivity index (χ1v) is 9.24. The van der Waals surface area contributed by atoms with Gasteiger partial charge in [-0.25, -0.2) is 0 Å². The van der Waals surface area contributed by atoms with E-state index in [0.717, 1.165) is 36.6 Å². The predicted octanol–water partition coefficient (Wildman–Crippen LogP) is 4.84. The van der Waals surface area contributed by atoms with Crippen molar-refractivity contribution in [3.63, 3.8) is 0 Å². The van der Waals surface area contributed by atoms with Gasteiger partial charge in [0.25, 0.3) is 0 Å². The summed E-state index contributed by atoms with van der Waals surface area (Å²) in [4.78, 5) is 0. The molecule has 0 radical (unpaired) electrons. The second kappa shape index (κ2) is 8.18. The minimum absolute atomic E-state index is 0.123. The molecule has 3 heteroatoms. The first-order valence-electron chi connectivity index (χ1n) is 7.71. The van der Waals surface area contributed by atoms with Crippen LogP contribution in [0.4, 0.5) is 0 Å². The molecule has 0 spiro atoms. The Hall–Kier alpha value is 0.650. The van der Waals surface area contributed by atoms with Crippen LogP contribution in [-0.2, 0) is 9.47 Å². The van der Waals surface area contributed by atoms with Crippen LogP contribution in [-0.4, -0.2) is 29.8 Å². The number of hydrogen-bond acceptors (Lipinski definition) is 2. The minimum atomic E-state index is 0.123. The molecule has 0 aromatic carbocycles. The van der Waals surface area contributed by atoms with Gasteiger partial charge in [-0.2, -0.15) is 0 Å². The molecule has 2 nitrogen and oxygen atoms in total. The predicted molar refractivity (Wildman–Crippen MR) is 90.1 cm³/mol. The van der Waals surface area contributed by atoms with Crippen molar-refractivity contribution in [3.8, 4) is 0 Å². The number of ether oxygens (including phenoxy) is 2. The molecule has 1 aliphatic carbocycles. The van der Waals surface area contributed by atoms with Crippen LogP contribution < -0.4 is 0 Å². The third-order valence-corrected chi connectivity index (χ3v) is 5.74. The standard InChI is InChI=1S/C16H31IO2/c1-5-10-18-11-12-19-16(13-17)8-6-14(7-9-16)15(2,3)4/h14H,5-13H2,1-4H3. The van der Waals surface area contributed by atoms with Crippen LogP contribution in [0.2, 0.25) is 0 Å². The second-order valence-corrected chi connectivity index (χ2v) is 7.68. The summed E-state index contributed by atoms with van der Waals surface area (Å²) in [6.45, 7) is 11.6. The van der Waals surface area contributed by atoms with Gasteiger partial charge >= 0.3 is 0 Å². The van der Waals surface area contributed by atoms with Gasteiger partial charge < -0.3 is 9.47 Å². The molecule has 19 heavy (non-hydrogen) atoms. The fraction of sp³-hybridized carbons (Fsp3) is 1.00. The monoisotopic (exact) mass is 382 g/mol. The fourth-order valence-electron chi connectivity index (χ4n) is 2.89. The molecule has 0 aliphatic heterocycles. The van der Waals surface area contributed by atoms with Crippen LogP contribution in [0.5, 0.6) is 0 Å². The lowest BCUT2D eigenvalue weighted by atomic mass is 9.69. The van der Waals surface area contributed by atoms with E-state index in [1.165, 1.54) is 25.7 Å². The SMILES string of the molecule is CCCOCCOC1(CI)CCC(C(C)(C)C)CC1. The summed E-state index contributed by atoms with van der Waals surface area (Å²) >= 11 is 2.49. The molecule has 1 saturated carbocycles. The Morgan fingerprint density at radius 3 is 2.21 bits per heavy atom. The van der Waals surface area contributed by atoms with Gasteiger partial charge in [-0.05, 0) is 43.4 Å². The van der Waals surface area contributed by atoms with E-state index in [0.29, 0.717) is 5.41 Å². The lowest BCUT2D eigenvalue weighted by Crippen LogP contribution is -2.42. The Bertz CT molecular complexity index is 240. The normalized spacial score (nSPS) is 28.6. The van der Waals surface area contributed by atoms with Gasteiger partial charge in [-0.3, -0.25) is 0 Å². The molecule has 0 heterocycles. The molecule has 0 bridgehead atoms. The fourth-order valence-corrected chi connectivity index (χ4v) is 3.87. The van der Waals surface area contributed by atoms with E-state index in [-0.39, 0.29) is 5.60 Å². The molecule has 0 aromatic rings. The van der Waals surface area contributed by atoms with Crippen molar-refractivity contribution in [1.29, 1.82) is 0 Å². The first kappa shape index (κ1) is 17.7. The van der Waals surface area contributed by atoms with Gasteiger partial charge in [0.2, 0.25) is 0 Å². The summed E-state index contributed by atoms with van der Waals surface area (Å²) in [7, 11) is 0. The Balaban J connectivity index is 2.34. The van der Waals surface area contributed by atoms with Crippen molar-refractivity contribution in [2.75, 3.05) is 24.2 Å². The zero-order valence-electron chi connectivity index (χ0n) is 13.1. The zero-order valence-corrected chi connectivity index (χ0v) is 15.3. The van der Waals surface area contributed by atoms with Crippen LogP contribution in [0.1, 0.15) is 59.8 Å². The molecule has 0 unspecified atom stereocenters. The van der Waals surface area contributed by atoms with Crippen molar-refractivity contribution in [2.24, 2.45) is 11.3 Å². The smallest absolute Gasteiger partial charge is 0.0772 e. The van der Waals surface area contributed by atoms with E-state index >= 15 is 0 Å². The average molecular weight is 382 g/mol. The van der Waals surface area contributed by atoms with Crippen molar-refractivity contribution in [3.05, 3.63) is 0 Å². The number of rotatable bonds is 7. The van der Waals surface area contributed by atoms with Crippen LogP contribution in [0.25, 0.3) is 0 Å². The highest BCUT2D eigenvalue weighted by Crippen LogP contribution is 2.43. The first-order chi connectivity index (χ1) is 8.93.